The van der Waals surface area contributed by atoms with Crippen LogP contribution >= 0.6 is 15.9 Å². The first-order valence-corrected chi connectivity index (χ1v) is 9.18. The molecule has 0 aliphatic rings. The standard InChI is InChI=1S/C19H23BrN6/c1-21-19(26(3)13-16-9-15(20)12-25(16)2)23-11-18-22-10-17(24-18)14-7-5-4-6-8-14/h4-10,12H,11,13H2,1-3H3,(H,21,23)(H,22,24). The fourth-order valence-corrected chi connectivity index (χ4v) is 3.38. The number of aromatic amines is 1. The van der Waals surface area contributed by atoms with Gasteiger partial charge in [0.05, 0.1) is 25.0 Å². The Morgan fingerprint density at radius 1 is 1.35 bits per heavy atom. The van der Waals surface area contributed by atoms with Crippen molar-refractivity contribution >= 4 is 21.9 Å². The van der Waals surface area contributed by atoms with Crippen molar-refractivity contribution in [2.75, 3.05) is 14.1 Å². The normalized spacial score (nSPS) is 11.6. The molecule has 0 spiro atoms. The summed E-state index contributed by atoms with van der Waals surface area (Å²) in [5, 5.41) is 3.36. The molecule has 1 aromatic carbocycles. The molecular formula is C19H23BrN6. The molecule has 0 fully saturated rings. The van der Waals surface area contributed by atoms with E-state index in [2.05, 4.69) is 63.9 Å². The summed E-state index contributed by atoms with van der Waals surface area (Å²) in [6, 6.07) is 12.3. The van der Waals surface area contributed by atoms with Crippen LogP contribution in [0.25, 0.3) is 11.3 Å². The van der Waals surface area contributed by atoms with E-state index >= 15 is 0 Å². The van der Waals surface area contributed by atoms with E-state index in [-0.39, 0.29) is 0 Å². The number of imidazole rings is 1. The second kappa shape index (κ2) is 8.23. The molecule has 26 heavy (non-hydrogen) atoms. The number of hydrogen-bond donors (Lipinski definition) is 2. The van der Waals surface area contributed by atoms with Crippen LogP contribution in [0.2, 0.25) is 0 Å². The zero-order valence-corrected chi connectivity index (χ0v) is 16.8. The average Bonchev–Trinajstić information content (AvgIpc) is 3.23. The first-order valence-electron chi connectivity index (χ1n) is 8.38. The number of nitrogens with one attached hydrogen (secondary N) is 2. The van der Waals surface area contributed by atoms with Gasteiger partial charge in [-0.05, 0) is 27.6 Å². The highest BCUT2D eigenvalue weighted by molar-refractivity contribution is 9.10. The SMILES string of the molecule is CN=C(NCc1ncc(-c2ccccc2)[nH]1)N(C)Cc1cc(Br)cn1C. The van der Waals surface area contributed by atoms with Crippen molar-refractivity contribution in [1.29, 1.82) is 0 Å². The molecule has 0 aliphatic heterocycles. The zero-order valence-electron chi connectivity index (χ0n) is 15.2. The quantitative estimate of drug-likeness (QED) is 0.496. The second-order valence-corrected chi connectivity index (χ2v) is 7.04. The highest BCUT2D eigenvalue weighted by Gasteiger charge is 2.10. The third kappa shape index (κ3) is 4.35. The van der Waals surface area contributed by atoms with Crippen molar-refractivity contribution < 1.29 is 0 Å². The third-order valence-corrected chi connectivity index (χ3v) is 4.61. The number of aromatic nitrogens is 3. The second-order valence-electron chi connectivity index (χ2n) is 6.13. The molecule has 0 amide bonds. The van der Waals surface area contributed by atoms with Crippen LogP contribution in [0.15, 0.2) is 58.3 Å². The summed E-state index contributed by atoms with van der Waals surface area (Å²) in [4.78, 5) is 14.3. The van der Waals surface area contributed by atoms with Crippen LogP contribution in [0.5, 0.6) is 0 Å². The van der Waals surface area contributed by atoms with Crippen molar-refractivity contribution in [1.82, 2.24) is 24.8 Å². The third-order valence-electron chi connectivity index (χ3n) is 4.17. The summed E-state index contributed by atoms with van der Waals surface area (Å²) in [5.41, 5.74) is 3.34. The van der Waals surface area contributed by atoms with Gasteiger partial charge in [0.1, 0.15) is 5.82 Å². The molecule has 0 atom stereocenters. The van der Waals surface area contributed by atoms with E-state index in [4.69, 9.17) is 0 Å². The van der Waals surface area contributed by atoms with Gasteiger partial charge < -0.3 is 19.8 Å². The van der Waals surface area contributed by atoms with Gasteiger partial charge in [-0.15, -0.1) is 0 Å². The van der Waals surface area contributed by atoms with Crippen molar-refractivity contribution in [3.63, 3.8) is 0 Å². The largest absolute Gasteiger partial charge is 0.352 e. The average molecular weight is 415 g/mol. The number of halogens is 1. The van der Waals surface area contributed by atoms with Crippen molar-refractivity contribution in [3.05, 3.63) is 64.8 Å². The van der Waals surface area contributed by atoms with Crippen LogP contribution in [-0.2, 0) is 20.1 Å². The van der Waals surface area contributed by atoms with E-state index in [0.717, 1.165) is 34.1 Å². The minimum Gasteiger partial charge on any atom is -0.352 e. The van der Waals surface area contributed by atoms with Gasteiger partial charge in [0.25, 0.3) is 0 Å². The Morgan fingerprint density at radius 3 is 2.77 bits per heavy atom. The number of hydrogen-bond acceptors (Lipinski definition) is 2. The molecule has 0 saturated heterocycles. The summed E-state index contributed by atoms with van der Waals surface area (Å²) in [7, 11) is 5.85. The monoisotopic (exact) mass is 414 g/mol. The van der Waals surface area contributed by atoms with E-state index in [1.807, 2.05) is 44.7 Å². The topological polar surface area (TPSA) is 61.2 Å². The maximum Gasteiger partial charge on any atom is 0.194 e. The molecule has 136 valence electrons. The smallest absolute Gasteiger partial charge is 0.194 e. The molecule has 3 rings (SSSR count). The van der Waals surface area contributed by atoms with Crippen LogP contribution in [-0.4, -0.2) is 39.5 Å². The van der Waals surface area contributed by atoms with Crippen LogP contribution < -0.4 is 5.32 Å². The Morgan fingerprint density at radius 2 is 2.12 bits per heavy atom. The molecule has 0 bridgehead atoms. The first kappa shape index (κ1) is 18.3. The minimum absolute atomic E-state index is 0.584. The Labute approximate surface area is 162 Å². The zero-order chi connectivity index (χ0) is 18.5. The number of aryl methyl sites for hydroxylation is 1. The summed E-state index contributed by atoms with van der Waals surface area (Å²) >= 11 is 3.51. The van der Waals surface area contributed by atoms with E-state index in [1.165, 1.54) is 5.69 Å². The fourth-order valence-electron chi connectivity index (χ4n) is 2.81. The fraction of sp³-hybridized carbons (Fsp3) is 0.263. The molecule has 6 nitrogen and oxygen atoms in total. The Balaban J connectivity index is 1.61. The molecule has 3 aromatic rings. The van der Waals surface area contributed by atoms with Gasteiger partial charge in [-0.2, -0.15) is 0 Å². The highest BCUT2D eigenvalue weighted by atomic mass is 79.9. The molecule has 7 heteroatoms. The maximum absolute atomic E-state index is 4.46. The minimum atomic E-state index is 0.584. The van der Waals surface area contributed by atoms with Crippen molar-refractivity contribution in [3.8, 4) is 11.3 Å². The predicted octanol–water partition coefficient (Wildman–Crippen LogP) is 3.39. The summed E-state index contributed by atoms with van der Waals surface area (Å²) in [5.74, 6) is 1.69. The number of rotatable bonds is 5. The molecule has 2 heterocycles. The van der Waals surface area contributed by atoms with Crippen LogP contribution in [0.4, 0.5) is 0 Å². The van der Waals surface area contributed by atoms with Gasteiger partial charge in [0.2, 0.25) is 0 Å². The number of nitrogens with zero attached hydrogens (tertiary/aromatic N) is 4. The van der Waals surface area contributed by atoms with Crippen LogP contribution in [0.3, 0.4) is 0 Å². The van der Waals surface area contributed by atoms with Gasteiger partial charge in [-0.1, -0.05) is 30.3 Å². The summed E-state index contributed by atoms with van der Waals surface area (Å²) in [6.45, 7) is 1.34. The van der Waals surface area contributed by atoms with Gasteiger partial charge in [0.15, 0.2) is 5.96 Å². The van der Waals surface area contributed by atoms with E-state index in [1.54, 1.807) is 7.05 Å². The maximum atomic E-state index is 4.46. The van der Waals surface area contributed by atoms with Crippen LogP contribution in [0.1, 0.15) is 11.5 Å². The molecule has 0 unspecified atom stereocenters. The van der Waals surface area contributed by atoms with Gasteiger partial charge in [-0.3, -0.25) is 4.99 Å². The van der Waals surface area contributed by atoms with Crippen molar-refractivity contribution in [2.45, 2.75) is 13.1 Å². The molecule has 2 N–H and O–H groups in total. The number of aliphatic imine (C=N–C) groups is 1. The number of H-pyrrole nitrogens is 1. The van der Waals surface area contributed by atoms with E-state index < -0.39 is 0 Å². The summed E-state index contributed by atoms with van der Waals surface area (Å²) in [6.07, 6.45) is 3.91. The van der Waals surface area contributed by atoms with Gasteiger partial charge in [-0.25, -0.2) is 4.98 Å². The Kier molecular flexibility index (Phi) is 5.78. The lowest BCUT2D eigenvalue weighted by Gasteiger charge is -2.22. The Bertz CT molecular complexity index is 881. The number of benzene rings is 1. The molecular weight excluding hydrogens is 392 g/mol. The van der Waals surface area contributed by atoms with Crippen molar-refractivity contribution in [2.24, 2.45) is 12.0 Å². The first-order chi connectivity index (χ1) is 12.6. The lowest BCUT2D eigenvalue weighted by atomic mass is 10.2. The molecule has 0 saturated carbocycles. The lowest BCUT2D eigenvalue weighted by molar-refractivity contribution is 0.461. The summed E-state index contributed by atoms with van der Waals surface area (Å²) < 4.78 is 3.18. The number of guanidine groups is 1. The van der Waals surface area contributed by atoms with Crippen LogP contribution in [0, 0.1) is 0 Å². The highest BCUT2D eigenvalue weighted by Crippen LogP contribution is 2.16. The molecule has 2 aromatic heterocycles. The molecule has 0 radical (unpaired) electrons. The molecule has 0 aliphatic carbocycles. The van der Waals surface area contributed by atoms with E-state index in [9.17, 15) is 0 Å². The lowest BCUT2D eigenvalue weighted by Crippen LogP contribution is -2.38. The van der Waals surface area contributed by atoms with Gasteiger partial charge in [0, 0.05) is 37.5 Å². The van der Waals surface area contributed by atoms with E-state index in [0.29, 0.717) is 6.54 Å². The van der Waals surface area contributed by atoms with Gasteiger partial charge >= 0.3 is 0 Å². The predicted molar refractivity (Wildman–Crippen MR) is 109 cm³/mol. The Hall–Kier alpha value is -2.54.